The highest BCUT2D eigenvalue weighted by Gasteiger charge is 2.42. The number of fused-ring (bicyclic) bond motifs is 1. The number of rotatable bonds is 5. The summed E-state index contributed by atoms with van der Waals surface area (Å²) in [6.45, 7) is 3.08. The Bertz CT molecular complexity index is 426. The predicted octanol–water partition coefficient (Wildman–Crippen LogP) is 0.550. The Hall–Kier alpha value is -1.79. The van der Waals surface area contributed by atoms with Crippen LogP contribution in [0.15, 0.2) is 0 Å². The van der Waals surface area contributed by atoms with E-state index < -0.39 is 5.97 Å². The fourth-order valence-corrected chi connectivity index (χ4v) is 3.13. The van der Waals surface area contributed by atoms with Crippen molar-refractivity contribution in [3.05, 3.63) is 0 Å². The second-order valence-corrected chi connectivity index (χ2v) is 5.89. The zero-order valence-corrected chi connectivity index (χ0v) is 12.3. The molecule has 0 bridgehead atoms. The average molecular weight is 297 g/mol. The Labute approximate surface area is 124 Å². The molecule has 3 atom stereocenters. The molecule has 0 spiro atoms. The highest BCUT2D eigenvalue weighted by Crippen LogP contribution is 2.27. The van der Waals surface area contributed by atoms with E-state index in [0.717, 1.165) is 12.8 Å². The van der Waals surface area contributed by atoms with Crippen LogP contribution in [0.5, 0.6) is 0 Å². The molecule has 3 N–H and O–H groups in total. The number of likely N-dealkylation sites (tertiary alicyclic amines) is 1. The molecule has 2 aliphatic rings. The lowest BCUT2D eigenvalue weighted by molar-refractivity contribution is -0.137. The first kappa shape index (κ1) is 15.6. The molecule has 2 saturated heterocycles. The van der Waals surface area contributed by atoms with Crippen molar-refractivity contribution in [1.29, 1.82) is 0 Å². The summed E-state index contributed by atoms with van der Waals surface area (Å²) >= 11 is 0. The predicted molar refractivity (Wildman–Crippen MR) is 75.7 cm³/mol. The second-order valence-electron chi connectivity index (χ2n) is 5.89. The number of amides is 3. The molecule has 2 heterocycles. The van der Waals surface area contributed by atoms with Crippen molar-refractivity contribution < 1.29 is 19.5 Å². The number of urea groups is 1. The highest BCUT2D eigenvalue weighted by atomic mass is 16.4. The summed E-state index contributed by atoms with van der Waals surface area (Å²) in [7, 11) is 0. The van der Waals surface area contributed by atoms with E-state index in [1.54, 1.807) is 4.90 Å². The minimum atomic E-state index is -0.817. The van der Waals surface area contributed by atoms with E-state index in [1.165, 1.54) is 0 Å². The van der Waals surface area contributed by atoms with Crippen LogP contribution < -0.4 is 10.6 Å². The Morgan fingerprint density at radius 3 is 3.00 bits per heavy atom. The number of piperidine rings is 1. The van der Waals surface area contributed by atoms with Gasteiger partial charge in [0.25, 0.3) is 0 Å². The molecule has 7 heteroatoms. The van der Waals surface area contributed by atoms with Gasteiger partial charge in [-0.1, -0.05) is 0 Å². The first-order chi connectivity index (χ1) is 9.99. The molecular formula is C14H23N3O4. The van der Waals surface area contributed by atoms with Crippen molar-refractivity contribution in [2.24, 2.45) is 5.92 Å². The van der Waals surface area contributed by atoms with Crippen molar-refractivity contribution in [2.45, 2.75) is 51.1 Å². The van der Waals surface area contributed by atoms with E-state index in [-0.39, 0.29) is 36.4 Å². The normalized spacial score (nSPS) is 26.0. The Balaban J connectivity index is 1.82. The third-order valence-corrected chi connectivity index (χ3v) is 4.26. The maximum absolute atomic E-state index is 12.3. The summed E-state index contributed by atoms with van der Waals surface area (Å²) in [5.41, 5.74) is 0. The summed E-state index contributed by atoms with van der Waals surface area (Å²) < 4.78 is 0. The number of carboxylic acids is 1. The maximum atomic E-state index is 12.3. The zero-order valence-electron chi connectivity index (χ0n) is 12.3. The maximum Gasteiger partial charge on any atom is 0.317 e. The van der Waals surface area contributed by atoms with Crippen LogP contribution in [-0.4, -0.2) is 53.1 Å². The minimum Gasteiger partial charge on any atom is -0.481 e. The van der Waals surface area contributed by atoms with Crippen LogP contribution >= 0.6 is 0 Å². The summed E-state index contributed by atoms with van der Waals surface area (Å²) in [6.07, 6.45) is 2.98. The van der Waals surface area contributed by atoms with Crippen LogP contribution in [0.1, 0.15) is 39.0 Å². The Kier molecular flexibility index (Phi) is 5.03. The fraction of sp³-hybridized carbons (Fsp3) is 0.786. The van der Waals surface area contributed by atoms with E-state index in [9.17, 15) is 14.4 Å². The zero-order chi connectivity index (χ0) is 15.4. The molecule has 2 aliphatic heterocycles. The number of carbonyl (C=O) groups is 3. The monoisotopic (exact) mass is 297 g/mol. The first-order valence-electron chi connectivity index (χ1n) is 7.55. The number of hydrogen-bond acceptors (Lipinski definition) is 3. The third-order valence-electron chi connectivity index (χ3n) is 4.26. The standard InChI is InChI=1S/C14H23N3O4/c1-9(4-2-6-12(18)19)16-14(21)17-7-3-5-10-11(17)8-15-13(10)20/h9-11H,2-8H2,1H3,(H,15,20)(H,16,21)(H,18,19). The van der Waals surface area contributed by atoms with E-state index in [0.29, 0.717) is 25.9 Å². The number of nitrogens with one attached hydrogen (secondary N) is 2. The van der Waals surface area contributed by atoms with Gasteiger partial charge in [-0.15, -0.1) is 0 Å². The molecule has 0 aromatic carbocycles. The number of aliphatic carboxylic acids is 1. The fourth-order valence-electron chi connectivity index (χ4n) is 3.13. The van der Waals surface area contributed by atoms with Crippen LogP contribution in [0, 0.1) is 5.92 Å². The molecule has 3 unspecified atom stereocenters. The Morgan fingerprint density at radius 2 is 2.29 bits per heavy atom. The topological polar surface area (TPSA) is 98.7 Å². The molecule has 0 saturated carbocycles. The van der Waals surface area contributed by atoms with Crippen molar-refractivity contribution >= 4 is 17.9 Å². The van der Waals surface area contributed by atoms with Crippen molar-refractivity contribution in [1.82, 2.24) is 15.5 Å². The molecule has 3 amide bonds. The molecular weight excluding hydrogens is 274 g/mol. The average Bonchev–Trinajstić information content (AvgIpc) is 2.80. The van der Waals surface area contributed by atoms with Crippen LogP contribution in [0.2, 0.25) is 0 Å². The number of nitrogens with zero attached hydrogens (tertiary/aromatic N) is 1. The van der Waals surface area contributed by atoms with Gasteiger partial charge in [-0.25, -0.2) is 4.79 Å². The van der Waals surface area contributed by atoms with Gasteiger partial charge in [0.2, 0.25) is 5.91 Å². The molecule has 0 aliphatic carbocycles. The van der Waals surface area contributed by atoms with Gasteiger partial charge in [-0.05, 0) is 32.6 Å². The third kappa shape index (κ3) is 3.86. The lowest BCUT2D eigenvalue weighted by Gasteiger charge is -2.36. The summed E-state index contributed by atoms with van der Waals surface area (Å²) in [5, 5.41) is 14.3. The molecule has 2 fully saturated rings. The van der Waals surface area contributed by atoms with Gasteiger partial charge in [0.1, 0.15) is 0 Å². The minimum absolute atomic E-state index is 0.0440. The molecule has 21 heavy (non-hydrogen) atoms. The van der Waals surface area contributed by atoms with Crippen molar-refractivity contribution in [3.63, 3.8) is 0 Å². The molecule has 0 aromatic heterocycles. The largest absolute Gasteiger partial charge is 0.481 e. The molecule has 0 radical (unpaired) electrons. The SMILES string of the molecule is CC(CCCC(=O)O)NC(=O)N1CCCC2C(=O)NCC21. The van der Waals surface area contributed by atoms with Crippen LogP contribution in [0.4, 0.5) is 4.79 Å². The number of carbonyl (C=O) groups excluding carboxylic acids is 2. The van der Waals surface area contributed by atoms with Gasteiger partial charge in [-0.3, -0.25) is 9.59 Å². The van der Waals surface area contributed by atoms with Crippen molar-refractivity contribution in [2.75, 3.05) is 13.1 Å². The lowest BCUT2D eigenvalue weighted by Crippen LogP contribution is -2.53. The van der Waals surface area contributed by atoms with Crippen LogP contribution in [-0.2, 0) is 9.59 Å². The number of carboxylic acid groups (broad SMARTS) is 1. The lowest BCUT2D eigenvalue weighted by atomic mass is 9.92. The first-order valence-corrected chi connectivity index (χ1v) is 7.55. The molecule has 0 aromatic rings. The van der Waals surface area contributed by atoms with Gasteiger partial charge in [0, 0.05) is 25.6 Å². The highest BCUT2D eigenvalue weighted by molar-refractivity contribution is 5.84. The van der Waals surface area contributed by atoms with Gasteiger partial charge < -0.3 is 20.6 Å². The van der Waals surface area contributed by atoms with E-state index in [2.05, 4.69) is 10.6 Å². The second kappa shape index (κ2) is 6.78. The molecule has 7 nitrogen and oxygen atoms in total. The smallest absolute Gasteiger partial charge is 0.317 e. The van der Waals surface area contributed by atoms with E-state index in [1.807, 2.05) is 6.92 Å². The number of hydrogen-bond donors (Lipinski definition) is 3. The van der Waals surface area contributed by atoms with Crippen LogP contribution in [0.25, 0.3) is 0 Å². The summed E-state index contributed by atoms with van der Waals surface area (Å²) in [4.78, 5) is 36.2. The Morgan fingerprint density at radius 1 is 1.52 bits per heavy atom. The van der Waals surface area contributed by atoms with Crippen molar-refractivity contribution in [3.8, 4) is 0 Å². The molecule has 118 valence electrons. The van der Waals surface area contributed by atoms with E-state index in [4.69, 9.17) is 5.11 Å². The quantitative estimate of drug-likeness (QED) is 0.690. The van der Waals surface area contributed by atoms with Gasteiger partial charge in [0.05, 0.1) is 12.0 Å². The summed E-state index contributed by atoms with van der Waals surface area (Å²) in [6, 6.07) is -0.260. The molecule has 2 rings (SSSR count). The van der Waals surface area contributed by atoms with Gasteiger partial charge in [-0.2, -0.15) is 0 Å². The summed E-state index contributed by atoms with van der Waals surface area (Å²) in [5.74, 6) is -0.846. The van der Waals surface area contributed by atoms with Crippen LogP contribution in [0.3, 0.4) is 0 Å². The van der Waals surface area contributed by atoms with Gasteiger partial charge in [0.15, 0.2) is 0 Å². The van der Waals surface area contributed by atoms with Gasteiger partial charge >= 0.3 is 12.0 Å². The van der Waals surface area contributed by atoms with E-state index >= 15 is 0 Å².